The molecule has 0 aliphatic heterocycles. The van der Waals surface area contributed by atoms with Gasteiger partial charge in [0.15, 0.2) is 0 Å². The molecular formula is C16H17NO2. The van der Waals surface area contributed by atoms with Crippen molar-refractivity contribution in [2.75, 3.05) is 0 Å². The van der Waals surface area contributed by atoms with Crippen LogP contribution in [0.15, 0.2) is 42.6 Å². The highest BCUT2D eigenvalue weighted by Gasteiger charge is 2.21. The number of rotatable bonds is 4. The van der Waals surface area contributed by atoms with Crippen LogP contribution in [0.3, 0.4) is 0 Å². The molecule has 2 aromatic rings. The number of pyridine rings is 1. The van der Waals surface area contributed by atoms with Crippen LogP contribution in [-0.4, -0.2) is 16.1 Å². The van der Waals surface area contributed by atoms with Gasteiger partial charge in [0, 0.05) is 6.20 Å². The lowest BCUT2D eigenvalue weighted by atomic mass is 9.94. The highest BCUT2D eigenvalue weighted by molar-refractivity contribution is 5.76. The Kier molecular flexibility index (Phi) is 3.95. The van der Waals surface area contributed by atoms with Gasteiger partial charge in [0.2, 0.25) is 0 Å². The summed E-state index contributed by atoms with van der Waals surface area (Å²) in [4.78, 5) is 15.7. The summed E-state index contributed by atoms with van der Waals surface area (Å²) in [7, 11) is 0. The first-order chi connectivity index (χ1) is 9.06. The van der Waals surface area contributed by atoms with E-state index in [1.54, 1.807) is 6.20 Å². The van der Waals surface area contributed by atoms with Gasteiger partial charge < -0.3 is 5.11 Å². The zero-order valence-electron chi connectivity index (χ0n) is 11.1. The van der Waals surface area contributed by atoms with E-state index >= 15 is 0 Å². The Morgan fingerprint density at radius 2 is 1.95 bits per heavy atom. The maximum atomic E-state index is 11.5. The first kappa shape index (κ1) is 13.3. The fraction of sp³-hybridized carbons (Fsp3) is 0.250. The van der Waals surface area contributed by atoms with Gasteiger partial charge in [-0.2, -0.15) is 0 Å². The fourth-order valence-corrected chi connectivity index (χ4v) is 2.14. The lowest BCUT2D eigenvalue weighted by Crippen LogP contribution is -2.16. The van der Waals surface area contributed by atoms with Crippen molar-refractivity contribution in [3.05, 3.63) is 65.0 Å². The Balaban J connectivity index is 2.29. The SMILES string of the molecule is Cc1cccc(CC(C(=O)O)c2cc(C)ccn2)c1. The first-order valence-electron chi connectivity index (χ1n) is 6.27. The summed E-state index contributed by atoms with van der Waals surface area (Å²) >= 11 is 0. The van der Waals surface area contributed by atoms with Crippen LogP contribution in [0.4, 0.5) is 0 Å². The van der Waals surface area contributed by atoms with E-state index in [1.807, 2.05) is 50.2 Å². The molecule has 1 aromatic heterocycles. The molecule has 0 fully saturated rings. The molecule has 3 heteroatoms. The molecule has 0 saturated carbocycles. The number of hydrogen-bond acceptors (Lipinski definition) is 2. The Labute approximate surface area is 112 Å². The molecule has 0 radical (unpaired) electrons. The van der Waals surface area contributed by atoms with E-state index in [4.69, 9.17) is 0 Å². The van der Waals surface area contributed by atoms with Crippen LogP contribution in [-0.2, 0) is 11.2 Å². The van der Waals surface area contributed by atoms with E-state index in [-0.39, 0.29) is 0 Å². The van der Waals surface area contributed by atoms with Crippen molar-refractivity contribution in [3.8, 4) is 0 Å². The van der Waals surface area contributed by atoms with Crippen molar-refractivity contribution in [2.24, 2.45) is 0 Å². The average molecular weight is 255 g/mol. The molecule has 0 spiro atoms. The second-order valence-electron chi connectivity index (χ2n) is 4.84. The molecule has 1 unspecified atom stereocenters. The van der Waals surface area contributed by atoms with Crippen LogP contribution in [0.25, 0.3) is 0 Å². The van der Waals surface area contributed by atoms with Crippen molar-refractivity contribution in [3.63, 3.8) is 0 Å². The number of aryl methyl sites for hydroxylation is 2. The summed E-state index contributed by atoms with van der Waals surface area (Å²) < 4.78 is 0. The van der Waals surface area contributed by atoms with Gasteiger partial charge >= 0.3 is 5.97 Å². The number of benzene rings is 1. The molecule has 0 bridgehead atoms. The Morgan fingerprint density at radius 1 is 1.21 bits per heavy atom. The minimum Gasteiger partial charge on any atom is -0.481 e. The largest absolute Gasteiger partial charge is 0.481 e. The van der Waals surface area contributed by atoms with E-state index in [9.17, 15) is 9.90 Å². The maximum Gasteiger partial charge on any atom is 0.312 e. The molecule has 0 aliphatic carbocycles. The van der Waals surface area contributed by atoms with Gasteiger partial charge in [0.1, 0.15) is 5.92 Å². The number of carbonyl (C=O) groups is 1. The zero-order valence-corrected chi connectivity index (χ0v) is 11.1. The molecule has 1 heterocycles. The lowest BCUT2D eigenvalue weighted by molar-refractivity contribution is -0.138. The van der Waals surface area contributed by atoms with Gasteiger partial charge in [-0.3, -0.25) is 9.78 Å². The third-order valence-electron chi connectivity index (χ3n) is 3.11. The van der Waals surface area contributed by atoms with Crippen molar-refractivity contribution in [1.82, 2.24) is 4.98 Å². The number of hydrogen-bond donors (Lipinski definition) is 1. The summed E-state index contributed by atoms with van der Waals surface area (Å²) in [5.74, 6) is -1.43. The molecule has 1 aromatic carbocycles. The average Bonchev–Trinajstić information content (AvgIpc) is 2.35. The molecule has 0 amide bonds. The molecule has 98 valence electrons. The van der Waals surface area contributed by atoms with E-state index in [0.717, 1.165) is 16.7 Å². The van der Waals surface area contributed by atoms with Crippen molar-refractivity contribution >= 4 is 5.97 Å². The summed E-state index contributed by atoms with van der Waals surface area (Å²) in [5, 5.41) is 9.41. The summed E-state index contributed by atoms with van der Waals surface area (Å²) in [6.45, 7) is 3.95. The van der Waals surface area contributed by atoms with Crippen LogP contribution in [0.1, 0.15) is 28.3 Å². The number of carboxylic acid groups (broad SMARTS) is 1. The standard InChI is InChI=1S/C16H17NO2/c1-11-4-3-5-13(8-11)10-14(16(18)19)15-9-12(2)6-7-17-15/h3-9,14H,10H2,1-2H3,(H,18,19). The number of aliphatic carboxylic acids is 1. The van der Waals surface area contributed by atoms with Crippen LogP contribution in [0.5, 0.6) is 0 Å². The van der Waals surface area contributed by atoms with Crippen molar-refractivity contribution < 1.29 is 9.90 Å². The lowest BCUT2D eigenvalue weighted by Gasteiger charge is -2.13. The molecule has 0 saturated heterocycles. The van der Waals surface area contributed by atoms with Crippen molar-refractivity contribution in [1.29, 1.82) is 0 Å². The van der Waals surface area contributed by atoms with E-state index in [2.05, 4.69) is 4.98 Å². The summed E-state index contributed by atoms with van der Waals surface area (Å²) in [6.07, 6.45) is 2.13. The zero-order chi connectivity index (χ0) is 13.8. The monoisotopic (exact) mass is 255 g/mol. The minimum atomic E-state index is -0.834. The minimum absolute atomic E-state index is 0.466. The van der Waals surface area contributed by atoms with Gasteiger partial charge in [-0.05, 0) is 43.5 Å². The highest BCUT2D eigenvalue weighted by atomic mass is 16.4. The third-order valence-corrected chi connectivity index (χ3v) is 3.11. The topological polar surface area (TPSA) is 50.2 Å². The quantitative estimate of drug-likeness (QED) is 0.913. The smallest absolute Gasteiger partial charge is 0.312 e. The second kappa shape index (κ2) is 5.65. The first-order valence-corrected chi connectivity index (χ1v) is 6.27. The fourth-order valence-electron chi connectivity index (χ4n) is 2.14. The molecule has 19 heavy (non-hydrogen) atoms. The number of carboxylic acids is 1. The van der Waals surface area contributed by atoms with Crippen LogP contribution in [0.2, 0.25) is 0 Å². The maximum absolute atomic E-state index is 11.5. The molecule has 2 rings (SSSR count). The Hall–Kier alpha value is -2.16. The van der Waals surface area contributed by atoms with Gasteiger partial charge in [-0.1, -0.05) is 29.8 Å². The number of nitrogens with zero attached hydrogens (tertiary/aromatic N) is 1. The normalized spacial score (nSPS) is 12.1. The Morgan fingerprint density at radius 3 is 2.58 bits per heavy atom. The van der Waals surface area contributed by atoms with Crippen LogP contribution >= 0.6 is 0 Å². The second-order valence-corrected chi connectivity index (χ2v) is 4.84. The Bertz CT molecular complexity index is 593. The number of aromatic nitrogens is 1. The van der Waals surface area contributed by atoms with Gasteiger partial charge in [-0.15, -0.1) is 0 Å². The highest BCUT2D eigenvalue weighted by Crippen LogP contribution is 2.21. The molecule has 3 nitrogen and oxygen atoms in total. The predicted octanol–water partition coefficient (Wildman–Crippen LogP) is 3.11. The predicted molar refractivity (Wildman–Crippen MR) is 74.2 cm³/mol. The van der Waals surface area contributed by atoms with Gasteiger partial charge in [0.25, 0.3) is 0 Å². The third kappa shape index (κ3) is 3.41. The van der Waals surface area contributed by atoms with Gasteiger partial charge in [-0.25, -0.2) is 0 Å². The van der Waals surface area contributed by atoms with E-state index in [1.165, 1.54) is 0 Å². The summed E-state index contributed by atoms with van der Waals surface area (Å²) in [5.41, 5.74) is 3.81. The van der Waals surface area contributed by atoms with Crippen molar-refractivity contribution in [2.45, 2.75) is 26.2 Å². The van der Waals surface area contributed by atoms with Crippen LogP contribution in [0, 0.1) is 13.8 Å². The molecule has 1 N–H and O–H groups in total. The summed E-state index contributed by atoms with van der Waals surface area (Å²) in [6, 6.07) is 11.6. The molecule has 0 aliphatic rings. The van der Waals surface area contributed by atoms with Crippen LogP contribution < -0.4 is 0 Å². The van der Waals surface area contributed by atoms with E-state index in [0.29, 0.717) is 12.1 Å². The van der Waals surface area contributed by atoms with Gasteiger partial charge in [0.05, 0.1) is 5.69 Å². The van der Waals surface area contributed by atoms with E-state index < -0.39 is 11.9 Å². The molecular weight excluding hydrogens is 238 g/mol. The molecule has 1 atom stereocenters.